The third-order valence-electron chi connectivity index (χ3n) is 4.16. The molecule has 7 nitrogen and oxygen atoms in total. The average molecular weight is 378 g/mol. The highest BCUT2D eigenvalue weighted by Crippen LogP contribution is 2.17. The van der Waals surface area contributed by atoms with Crippen molar-refractivity contribution in [2.45, 2.75) is 39.7 Å². The van der Waals surface area contributed by atoms with Crippen molar-refractivity contribution in [3.05, 3.63) is 24.3 Å². The van der Waals surface area contributed by atoms with Gasteiger partial charge in [-0.15, -0.1) is 0 Å². The van der Waals surface area contributed by atoms with Gasteiger partial charge in [-0.1, -0.05) is 13.8 Å². The summed E-state index contributed by atoms with van der Waals surface area (Å²) in [6.07, 6.45) is 1.16. The minimum Gasteiger partial charge on any atom is -0.494 e. The molecule has 1 aliphatic heterocycles. The van der Waals surface area contributed by atoms with Gasteiger partial charge >= 0.3 is 6.09 Å². The first-order valence-electron chi connectivity index (χ1n) is 9.54. The summed E-state index contributed by atoms with van der Waals surface area (Å²) in [4.78, 5) is 25.7. The molecule has 2 amide bonds. The van der Waals surface area contributed by atoms with Crippen LogP contribution in [0.3, 0.4) is 0 Å². The monoisotopic (exact) mass is 378 g/mol. The molecule has 0 bridgehead atoms. The molecule has 0 spiro atoms. The largest absolute Gasteiger partial charge is 0.494 e. The van der Waals surface area contributed by atoms with Crippen molar-refractivity contribution in [1.82, 2.24) is 10.2 Å². The first-order valence-corrected chi connectivity index (χ1v) is 9.54. The number of nitrogens with one attached hydrogen (secondary N) is 1. The minimum atomic E-state index is -0.271. The Morgan fingerprint density at radius 1 is 1.11 bits per heavy atom. The third kappa shape index (κ3) is 7.37. The average Bonchev–Trinajstić information content (AvgIpc) is 2.66. The number of nitrogens with zero attached hydrogens (tertiary/aromatic N) is 1. The zero-order chi connectivity index (χ0) is 19.6. The minimum absolute atomic E-state index is 0.0371. The van der Waals surface area contributed by atoms with Crippen molar-refractivity contribution in [3.63, 3.8) is 0 Å². The Balaban J connectivity index is 1.66. The van der Waals surface area contributed by atoms with Crippen LogP contribution >= 0.6 is 0 Å². The first kappa shape index (κ1) is 20.9. The van der Waals surface area contributed by atoms with Crippen molar-refractivity contribution in [1.29, 1.82) is 0 Å². The lowest BCUT2D eigenvalue weighted by molar-refractivity contribution is -0.124. The van der Waals surface area contributed by atoms with Gasteiger partial charge in [0.1, 0.15) is 11.5 Å². The molecule has 7 heteroatoms. The van der Waals surface area contributed by atoms with E-state index < -0.39 is 0 Å². The van der Waals surface area contributed by atoms with E-state index in [0.717, 1.165) is 5.75 Å². The van der Waals surface area contributed by atoms with Gasteiger partial charge in [0.05, 0.1) is 13.2 Å². The van der Waals surface area contributed by atoms with Gasteiger partial charge < -0.3 is 24.4 Å². The van der Waals surface area contributed by atoms with Crippen molar-refractivity contribution in [2.24, 2.45) is 5.92 Å². The molecule has 1 fully saturated rings. The van der Waals surface area contributed by atoms with Gasteiger partial charge in [-0.25, -0.2) is 4.79 Å². The molecule has 1 heterocycles. The van der Waals surface area contributed by atoms with Crippen LogP contribution in [0.4, 0.5) is 4.79 Å². The van der Waals surface area contributed by atoms with Gasteiger partial charge in [0.25, 0.3) is 5.91 Å². The van der Waals surface area contributed by atoms with Crippen molar-refractivity contribution < 1.29 is 23.8 Å². The molecule has 27 heavy (non-hydrogen) atoms. The topological polar surface area (TPSA) is 77.1 Å². The highest BCUT2D eigenvalue weighted by atomic mass is 16.6. The summed E-state index contributed by atoms with van der Waals surface area (Å²) in [7, 11) is 0. The number of amides is 2. The van der Waals surface area contributed by atoms with Crippen molar-refractivity contribution in [3.8, 4) is 11.5 Å². The number of rotatable bonds is 8. The summed E-state index contributed by atoms with van der Waals surface area (Å²) in [5.74, 6) is 1.55. The van der Waals surface area contributed by atoms with E-state index in [1.807, 2.05) is 32.9 Å². The summed E-state index contributed by atoms with van der Waals surface area (Å²) < 4.78 is 16.1. The number of carbonyl (C=O) groups excluding carboxylic acids is 2. The number of likely N-dealkylation sites (tertiary alicyclic amines) is 1. The summed E-state index contributed by atoms with van der Waals surface area (Å²) in [6.45, 7) is 8.10. The number of ether oxygens (including phenoxy) is 3. The van der Waals surface area contributed by atoms with Crippen LogP contribution in [0.2, 0.25) is 0 Å². The summed E-state index contributed by atoms with van der Waals surface area (Å²) in [5.41, 5.74) is 0. The maximum atomic E-state index is 12.1. The molecule has 0 aromatic heterocycles. The Labute approximate surface area is 161 Å². The molecule has 1 N–H and O–H groups in total. The Bertz CT molecular complexity index is 595. The lowest BCUT2D eigenvalue weighted by Gasteiger charge is -2.31. The molecule has 2 rings (SSSR count). The van der Waals surface area contributed by atoms with E-state index in [9.17, 15) is 9.59 Å². The summed E-state index contributed by atoms with van der Waals surface area (Å²) in [5, 5.41) is 2.96. The van der Waals surface area contributed by atoms with Gasteiger partial charge in [0.2, 0.25) is 0 Å². The first-order chi connectivity index (χ1) is 13.0. The van der Waals surface area contributed by atoms with Gasteiger partial charge in [0, 0.05) is 19.1 Å². The molecule has 150 valence electrons. The molecule has 0 aliphatic carbocycles. The number of benzene rings is 1. The highest BCUT2D eigenvalue weighted by molar-refractivity contribution is 5.78. The lowest BCUT2D eigenvalue weighted by atomic mass is 10.1. The third-order valence-corrected chi connectivity index (χ3v) is 4.16. The zero-order valence-corrected chi connectivity index (χ0v) is 16.4. The van der Waals surface area contributed by atoms with Crippen LogP contribution in [0.15, 0.2) is 24.3 Å². The molecule has 0 saturated carbocycles. The number of hydrogen-bond donors (Lipinski definition) is 1. The van der Waals surface area contributed by atoms with Gasteiger partial charge in [0.15, 0.2) is 6.61 Å². The van der Waals surface area contributed by atoms with Crippen LogP contribution in [0.25, 0.3) is 0 Å². The normalized spacial score (nSPS) is 14.7. The Morgan fingerprint density at radius 2 is 1.70 bits per heavy atom. The molecule has 1 aromatic carbocycles. The molecule has 0 unspecified atom stereocenters. The van der Waals surface area contributed by atoms with E-state index >= 15 is 0 Å². The van der Waals surface area contributed by atoms with Crippen LogP contribution in [-0.2, 0) is 9.53 Å². The van der Waals surface area contributed by atoms with E-state index in [1.54, 1.807) is 17.0 Å². The quantitative estimate of drug-likeness (QED) is 0.753. The molecule has 1 saturated heterocycles. The number of hydrogen-bond acceptors (Lipinski definition) is 5. The smallest absolute Gasteiger partial charge is 0.409 e. The lowest BCUT2D eigenvalue weighted by Crippen LogP contribution is -2.47. The maximum absolute atomic E-state index is 12.1. The van der Waals surface area contributed by atoms with Crippen LogP contribution in [0.1, 0.15) is 33.6 Å². The van der Waals surface area contributed by atoms with E-state index in [4.69, 9.17) is 14.2 Å². The van der Waals surface area contributed by atoms with Gasteiger partial charge in [-0.05, 0) is 49.9 Å². The van der Waals surface area contributed by atoms with Crippen LogP contribution in [0.5, 0.6) is 11.5 Å². The van der Waals surface area contributed by atoms with Crippen molar-refractivity contribution >= 4 is 12.0 Å². The summed E-state index contributed by atoms with van der Waals surface area (Å²) in [6, 6.07) is 7.23. The standard InChI is InChI=1S/C20H30N2O5/c1-4-25-17-5-7-18(8-6-17)26-14-19(23)21-16-9-11-22(12-10-16)20(24)27-13-15(2)3/h5-8,15-16H,4,9-14H2,1-3H3,(H,21,23). The second-order valence-electron chi connectivity index (χ2n) is 6.99. The molecule has 1 aliphatic rings. The second-order valence-corrected chi connectivity index (χ2v) is 6.99. The van der Waals surface area contributed by atoms with Gasteiger partial charge in [-0.2, -0.15) is 0 Å². The maximum Gasteiger partial charge on any atom is 0.409 e. The fraction of sp³-hybridized carbons (Fsp3) is 0.600. The van der Waals surface area contributed by atoms with Crippen molar-refractivity contribution in [2.75, 3.05) is 32.9 Å². The number of carbonyl (C=O) groups is 2. The highest BCUT2D eigenvalue weighted by Gasteiger charge is 2.24. The fourth-order valence-corrected chi connectivity index (χ4v) is 2.75. The Kier molecular flexibility index (Phi) is 8.23. The van der Waals surface area contributed by atoms with Crippen LogP contribution in [0, 0.1) is 5.92 Å². The predicted molar refractivity (Wildman–Crippen MR) is 102 cm³/mol. The molecule has 1 aromatic rings. The summed E-state index contributed by atoms with van der Waals surface area (Å²) >= 11 is 0. The molecule has 0 atom stereocenters. The zero-order valence-electron chi connectivity index (χ0n) is 16.4. The van der Waals surface area contributed by atoms with E-state index in [-0.39, 0.29) is 24.6 Å². The molecular formula is C20H30N2O5. The fourth-order valence-electron chi connectivity index (χ4n) is 2.75. The Morgan fingerprint density at radius 3 is 2.26 bits per heavy atom. The van der Waals surface area contributed by atoms with E-state index in [1.165, 1.54) is 0 Å². The van der Waals surface area contributed by atoms with E-state index in [0.29, 0.717) is 50.8 Å². The van der Waals surface area contributed by atoms with E-state index in [2.05, 4.69) is 5.32 Å². The molecule has 0 radical (unpaired) electrons. The van der Waals surface area contributed by atoms with Crippen LogP contribution < -0.4 is 14.8 Å². The number of piperidine rings is 1. The Hall–Kier alpha value is -2.44. The van der Waals surface area contributed by atoms with Gasteiger partial charge in [-0.3, -0.25) is 4.79 Å². The SMILES string of the molecule is CCOc1ccc(OCC(=O)NC2CCN(C(=O)OCC(C)C)CC2)cc1. The van der Waals surface area contributed by atoms with Crippen LogP contribution in [-0.4, -0.2) is 55.9 Å². The second kappa shape index (κ2) is 10.6. The molecular weight excluding hydrogens is 348 g/mol. The predicted octanol–water partition coefficient (Wildman–Crippen LogP) is 2.84.